The molecule has 3 rings (SSSR count). The minimum absolute atomic E-state index is 0.0848. The molecule has 0 spiro atoms. The van der Waals surface area contributed by atoms with E-state index in [1.165, 1.54) is 18.3 Å². The highest BCUT2D eigenvalue weighted by Gasteiger charge is 2.18. The van der Waals surface area contributed by atoms with Gasteiger partial charge >= 0.3 is 6.09 Å². The highest BCUT2D eigenvalue weighted by molar-refractivity contribution is 7.92. The molecule has 0 aliphatic rings. The summed E-state index contributed by atoms with van der Waals surface area (Å²) in [4.78, 5) is 37.5. The first-order valence-corrected chi connectivity index (χ1v) is 13.1. The molecule has 0 aliphatic carbocycles. The van der Waals surface area contributed by atoms with E-state index < -0.39 is 22.0 Å². The van der Waals surface area contributed by atoms with Crippen molar-refractivity contribution in [1.29, 1.82) is 0 Å². The average Bonchev–Trinajstić information content (AvgIpc) is 3.09. The number of aromatic nitrogens is 4. The Morgan fingerprint density at radius 3 is 2.67 bits per heavy atom. The number of nitrogens with one attached hydrogen (secondary N) is 2. The molecule has 3 aromatic heterocycles. The number of allylic oxidation sites excluding steroid dienone is 1. The van der Waals surface area contributed by atoms with Gasteiger partial charge in [-0.2, -0.15) is 0 Å². The summed E-state index contributed by atoms with van der Waals surface area (Å²) in [6.07, 6.45) is 3.39. The van der Waals surface area contributed by atoms with E-state index >= 15 is 0 Å². The zero-order chi connectivity index (χ0) is 26.5. The number of halogens is 1. The maximum atomic E-state index is 12.6. The number of hydrogen-bond acceptors (Lipinski definition) is 8. The average molecular weight is 535 g/mol. The topological polar surface area (TPSA) is 145 Å². The van der Waals surface area contributed by atoms with Gasteiger partial charge in [0, 0.05) is 5.41 Å². The Morgan fingerprint density at radius 1 is 1.25 bits per heavy atom. The molecule has 11 nitrogen and oxygen atoms in total. The molecule has 0 fully saturated rings. The van der Waals surface area contributed by atoms with E-state index in [1.807, 2.05) is 11.6 Å². The second kappa shape index (κ2) is 11.5. The van der Waals surface area contributed by atoms with Gasteiger partial charge in [-0.1, -0.05) is 31.0 Å². The van der Waals surface area contributed by atoms with Crippen molar-refractivity contribution in [3.8, 4) is 0 Å². The van der Waals surface area contributed by atoms with E-state index in [4.69, 9.17) is 16.3 Å². The fourth-order valence-electron chi connectivity index (χ4n) is 3.17. The SMILES string of the molecule is CCC/C=C/S(=O)(=O)NC(=O)c1ccc2nc(C)n(Cc3ncc(NC(=O)OC(C)C)cc3Cl)c2n1. The number of sulfonamides is 1. The Bertz CT molecular complexity index is 1420. The third kappa shape index (κ3) is 7.01. The number of rotatable bonds is 9. The quantitative estimate of drug-likeness (QED) is 0.416. The van der Waals surface area contributed by atoms with Crippen molar-refractivity contribution < 1.29 is 22.7 Å². The van der Waals surface area contributed by atoms with Gasteiger partial charge in [0.15, 0.2) is 5.65 Å². The minimum atomic E-state index is -3.94. The number of ether oxygens (including phenoxy) is 1. The van der Waals surface area contributed by atoms with Gasteiger partial charge in [0.2, 0.25) is 0 Å². The van der Waals surface area contributed by atoms with Crippen LogP contribution in [0.1, 0.15) is 55.6 Å². The number of hydrogen-bond donors (Lipinski definition) is 2. The van der Waals surface area contributed by atoms with Crippen LogP contribution in [0.2, 0.25) is 5.02 Å². The Morgan fingerprint density at radius 2 is 2.00 bits per heavy atom. The number of anilines is 1. The van der Waals surface area contributed by atoms with E-state index in [-0.39, 0.29) is 23.4 Å². The second-order valence-corrected chi connectivity index (χ2v) is 10.1. The summed E-state index contributed by atoms with van der Waals surface area (Å²) in [5.74, 6) is -0.269. The number of aryl methyl sites for hydroxylation is 1. The molecule has 2 amide bonds. The Labute approximate surface area is 214 Å². The molecule has 0 saturated carbocycles. The van der Waals surface area contributed by atoms with Crippen molar-refractivity contribution in [3.05, 3.63) is 58.1 Å². The first kappa shape index (κ1) is 27.1. The molecule has 13 heteroatoms. The smallest absolute Gasteiger partial charge is 0.411 e. The molecule has 2 N–H and O–H groups in total. The Hall–Kier alpha value is -3.51. The monoisotopic (exact) mass is 534 g/mol. The fourth-order valence-corrected chi connectivity index (χ4v) is 4.22. The molecule has 0 saturated heterocycles. The van der Waals surface area contributed by atoms with Gasteiger partial charge in [0.1, 0.15) is 17.0 Å². The summed E-state index contributed by atoms with van der Waals surface area (Å²) in [6, 6.07) is 4.54. The molecule has 0 aliphatic heterocycles. The fraction of sp³-hybridized carbons (Fsp3) is 0.348. The van der Waals surface area contributed by atoms with Crippen LogP contribution >= 0.6 is 11.6 Å². The third-order valence-electron chi connectivity index (χ3n) is 4.80. The van der Waals surface area contributed by atoms with Crippen LogP contribution in [-0.2, 0) is 21.3 Å². The highest BCUT2D eigenvalue weighted by Crippen LogP contribution is 2.22. The molecule has 0 aromatic carbocycles. The molecule has 0 bridgehead atoms. The highest BCUT2D eigenvalue weighted by atomic mass is 35.5. The van der Waals surface area contributed by atoms with Crippen LogP contribution in [0.15, 0.2) is 35.9 Å². The van der Waals surface area contributed by atoms with Gasteiger partial charge < -0.3 is 9.30 Å². The number of unbranched alkanes of at least 4 members (excludes halogenated alkanes) is 1. The Balaban J connectivity index is 1.84. The van der Waals surface area contributed by atoms with E-state index in [1.54, 1.807) is 37.5 Å². The number of amides is 2. The number of imidazole rings is 1. The van der Waals surface area contributed by atoms with Crippen molar-refractivity contribution in [2.75, 3.05) is 5.32 Å². The lowest BCUT2D eigenvalue weighted by atomic mass is 10.3. The van der Waals surface area contributed by atoms with Crippen LogP contribution in [0.3, 0.4) is 0 Å². The summed E-state index contributed by atoms with van der Waals surface area (Å²) in [6.45, 7) is 7.32. The summed E-state index contributed by atoms with van der Waals surface area (Å²) in [5, 5.41) is 3.82. The van der Waals surface area contributed by atoms with Crippen LogP contribution in [0.4, 0.5) is 10.5 Å². The van der Waals surface area contributed by atoms with Crippen LogP contribution in [0, 0.1) is 6.92 Å². The summed E-state index contributed by atoms with van der Waals surface area (Å²) < 4.78 is 33.0. The predicted octanol–water partition coefficient (Wildman–Crippen LogP) is 4.17. The molecular formula is C23H27ClN6O5S. The first-order chi connectivity index (χ1) is 17.0. The third-order valence-corrected chi connectivity index (χ3v) is 6.14. The summed E-state index contributed by atoms with van der Waals surface area (Å²) in [5.41, 5.74) is 1.63. The van der Waals surface area contributed by atoms with Crippen molar-refractivity contribution in [2.45, 2.75) is 53.2 Å². The molecule has 36 heavy (non-hydrogen) atoms. The first-order valence-electron chi connectivity index (χ1n) is 11.2. The standard InChI is InChI=1S/C23H27ClN6O5S/c1-5-6-7-10-36(33,34)29-22(31)19-9-8-18-21(28-19)30(15(4)26-18)13-20-17(24)11-16(12-25-20)27-23(32)35-14(2)3/h7-12,14H,5-6,13H2,1-4H3,(H,27,32)(H,29,31)/b10-7+. The normalized spacial score (nSPS) is 11.8. The maximum Gasteiger partial charge on any atom is 0.411 e. The van der Waals surface area contributed by atoms with Crippen LogP contribution in [-0.4, -0.2) is 46.0 Å². The van der Waals surface area contributed by atoms with Gasteiger partial charge in [-0.3, -0.25) is 15.1 Å². The van der Waals surface area contributed by atoms with Crippen molar-refractivity contribution >= 4 is 50.5 Å². The second-order valence-electron chi connectivity index (χ2n) is 8.15. The van der Waals surface area contributed by atoms with Crippen LogP contribution in [0.5, 0.6) is 0 Å². The van der Waals surface area contributed by atoms with Crippen LogP contribution < -0.4 is 10.0 Å². The Kier molecular flexibility index (Phi) is 8.64. The van der Waals surface area contributed by atoms with E-state index in [9.17, 15) is 18.0 Å². The van der Waals surface area contributed by atoms with E-state index in [0.717, 1.165) is 11.8 Å². The van der Waals surface area contributed by atoms with Crippen molar-refractivity contribution in [1.82, 2.24) is 24.2 Å². The summed E-state index contributed by atoms with van der Waals surface area (Å²) in [7, 11) is -3.94. The lowest BCUT2D eigenvalue weighted by Crippen LogP contribution is -2.29. The number of carbonyl (C=O) groups excluding carboxylic acids is 2. The van der Waals surface area contributed by atoms with Gasteiger partial charge in [-0.15, -0.1) is 0 Å². The van der Waals surface area contributed by atoms with E-state index in [2.05, 4.69) is 20.3 Å². The largest absolute Gasteiger partial charge is 0.447 e. The van der Waals surface area contributed by atoms with Gasteiger partial charge in [-0.05, 0) is 45.4 Å². The molecule has 3 aromatic rings. The van der Waals surface area contributed by atoms with Crippen molar-refractivity contribution in [2.24, 2.45) is 0 Å². The zero-order valence-electron chi connectivity index (χ0n) is 20.3. The number of carbonyl (C=O) groups is 2. The lowest BCUT2D eigenvalue weighted by molar-refractivity contribution is 0.0977. The minimum Gasteiger partial charge on any atom is -0.447 e. The molecular weight excluding hydrogens is 508 g/mol. The lowest BCUT2D eigenvalue weighted by Gasteiger charge is -2.11. The maximum absolute atomic E-state index is 12.6. The molecule has 3 heterocycles. The predicted molar refractivity (Wildman–Crippen MR) is 136 cm³/mol. The molecule has 0 unspecified atom stereocenters. The van der Waals surface area contributed by atoms with Crippen molar-refractivity contribution in [3.63, 3.8) is 0 Å². The number of nitrogens with zero attached hydrogens (tertiary/aromatic N) is 4. The molecule has 0 atom stereocenters. The van der Waals surface area contributed by atoms with E-state index in [0.29, 0.717) is 34.8 Å². The molecule has 192 valence electrons. The van der Waals surface area contributed by atoms with Gasteiger partial charge in [0.05, 0.1) is 35.2 Å². The summed E-state index contributed by atoms with van der Waals surface area (Å²) >= 11 is 6.40. The van der Waals surface area contributed by atoms with Gasteiger partial charge in [0.25, 0.3) is 15.9 Å². The van der Waals surface area contributed by atoms with Crippen LogP contribution in [0.25, 0.3) is 11.2 Å². The zero-order valence-corrected chi connectivity index (χ0v) is 21.9. The van der Waals surface area contributed by atoms with Gasteiger partial charge in [-0.25, -0.2) is 27.9 Å². The number of fused-ring (bicyclic) bond motifs is 1. The number of pyridine rings is 2. The molecule has 0 radical (unpaired) electrons.